The van der Waals surface area contributed by atoms with E-state index in [-0.39, 0.29) is 11.0 Å². The molecule has 0 amide bonds. The van der Waals surface area contributed by atoms with Gasteiger partial charge in [0, 0.05) is 5.56 Å². The molecule has 0 aliphatic heterocycles. The van der Waals surface area contributed by atoms with Gasteiger partial charge in [-0.3, -0.25) is 4.79 Å². The van der Waals surface area contributed by atoms with Crippen molar-refractivity contribution >= 4 is 17.5 Å². The van der Waals surface area contributed by atoms with E-state index in [0.29, 0.717) is 6.04 Å². The molecule has 6 heteroatoms. The molecule has 1 aromatic carbocycles. The summed E-state index contributed by atoms with van der Waals surface area (Å²) in [6.07, 6.45) is 2.25. The van der Waals surface area contributed by atoms with Gasteiger partial charge < -0.3 is 0 Å². The Kier molecular flexibility index (Phi) is 3.56. The van der Waals surface area contributed by atoms with E-state index in [2.05, 4.69) is 15.5 Å². The van der Waals surface area contributed by atoms with E-state index in [1.165, 1.54) is 11.8 Å². The van der Waals surface area contributed by atoms with Crippen LogP contribution < -0.4 is 0 Å². The van der Waals surface area contributed by atoms with Gasteiger partial charge in [0.25, 0.3) is 0 Å². The number of rotatable bonds is 5. The Labute approximate surface area is 121 Å². The summed E-state index contributed by atoms with van der Waals surface area (Å²) in [6, 6.07) is 8.09. The second kappa shape index (κ2) is 5.36. The van der Waals surface area contributed by atoms with E-state index in [4.69, 9.17) is 0 Å². The molecule has 1 unspecified atom stereocenters. The van der Waals surface area contributed by atoms with E-state index in [0.717, 1.165) is 29.1 Å². The molecular weight excluding hydrogens is 272 g/mol. The third-order valence-corrected chi connectivity index (χ3v) is 4.39. The number of carbonyl (C=O) groups is 1. The molecule has 20 heavy (non-hydrogen) atoms. The van der Waals surface area contributed by atoms with Crippen molar-refractivity contribution in [2.75, 3.05) is 0 Å². The molecule has 0 spiro atoms. The Morgan fingerprint density at radius 3 is 2.70 bits per heavy atom. The first-order chi connectivity index (χ1) is 9.65. The zero-order valence-corrected chi connectivity index (χ0v) is 12.3. The van der Waals surface area contributed by atoms with E-state index in [9.17, 15) is 4.79 Å². The van der Waals surface area contributed by atoms with Crippen LogP contribution in [0.5, 0.6) is 0 Å². The minimum Gasteiger partial charge on any atom is -0.293 e. The summed E-state index contributed by atoms with van der Waals surface area (Å²) in [6.45, 7) is 3.91. The normalized spacial score (nSPS) is 16.1. The van der Waals surface area contributed by atoms with E-state index < -0.39 is 0 Å². The lowest BCUT2D eigenvalue weighted by molar-refractivity contribution is 0.0994. The summed E-state index contributed by atoms with van der Waals surface area (Å²) in [5, 5.41) is 12.3. The summed E-state index contributed by atoms with van der Waals surface area (Å²) >= 11 is 1.43. The monoisotopic (exact) mass is 288 g/mol. The van der Waals surface area contributed by atoms with Crippen molar-refractivity contribution < 1.29 is 4.79 Å². The summed E-state index contributed by atoms with van der Waals surface area (Å²) in [7, 11) is 0. The van der Waals surface area contributed by atoms with Gasteiger partial charge in [-0.15, -0.1) is 5.10 Å². The number of hydrogen-bond acceptors (Lipinski definition) is 5. The summed E-state index contributed by atoms with van der Waals surface area (Å²) in [4.78, 5) is 12.4. The highest BCUT2D eigenvalue weighted by Gasteiger charge is 2.29. The van der Waals surface area contributed by atoms with Gasteiger partial charge in [0.1, 0.15) is 0 Å². The van der Waals surface area contributed by atoms with Crippen molar-refractivity contribution in [2.24, 2.45) is 0 Å². The number of nitrogens with zero attached hydrogens (tertiary/aromatic N) is 4. The number of Topliss-reactive ketones (excluding diaryl/α,β-unsaturated/α-hetero) is 1. The lowest BCUT2D eigenvalue weighted by Crippen LogP contribution is -2.14. The number of benzene rings is 1. The first-order valence-corrected chi connectivity index (χ1v) is 7.58. The Morgan fingerprint density at radius 1 is 1.35 bits per heavy atom. The van der Waals surface area contributed by atoms with Crippen molar-refractivity contribution in [3.05, 3.63) is 35.4 Å². The molecule has 0 saturated heterocycles. The zero-order chi connectivity index (χ0) is 14.1. The van der Waals surface area contributed by atoms with Gasteiger partial charge in [0.2, 0.25) is 5.16 Å². The van der Waals surface area contributed by atoms with Crippen molar-refractivity contribution in [3.8, 4) is 0 Å². The van der Waals surface area contributed by atoms with Crippen molar-refractivity contribution in [3.63, 3.8) is 0 Å². The van der Waals surface area contributed by atoms with Crippen LogP contribution >= 0.6 is 11.8 Å². The number of tetrazole rings is 1. The fourth-order valence-corrected chi connectivity index (χ4v) is 2.91. The van der Waals surface area contributed by atoms with Gasteiger partial charge in [-0.2, -0.15) is 0 Å². The van der Waals surface area contributed by atoms with Gasteiger partial charge >= 0.3 is 0 Å². The van der Waals surface area contributed by atoms with Gasteiger partial charge in [0.15, 0.2) is 5.78 Å². The zero-order valence-electron chi connectivity index (χ0n) is 11.5. The van der Waals surface area contributed by atoms with Crippen LogP contribution in [-0.2, 0) is 0 Å². The molecule has 0 N–H and O–H groups in total. The maximum Gasteiger partial charge on any atom is 0.210 e. The number of aromatic nitrogens is 4. The van der Waals surface area contributed by atoms with Crippen LogP contribution in [0.25, 0.3) is 0 Å². The van der Waals surface area contributed by atoms with Crippen molar-refractivity contribution in [2.45, 2.75) is 43.1 Å². The van der Waals surface area contributed by atoms with Gasteiger partial charge in [-0.05, 0) is 37.1 Å². The van der Waals surface area contributed by atoms with Gasteiger partial charge in [0.05, 0.1) is 11.3 Å². The second-order valence-electron chi connectivity index (χ2n) is 5.13. The number of thioether (sulfide) groups is 1. The molecule has 104 valence electrons. The first-order valence-electron chi connectivity index (χ1n) is 6.70. The lowest BCUT2D eigenvalue weighted by Gasteiger charge is -2.10. The molecule has 1 aliphatic rings. The molecule has 1 fully saturated rings. The topological polar surface area (TPSA) is 60.7 Å². The molecule has 3 rings (SSSR count). The summed E-state index contributed by atoms with van der Waals surface area (Å²) < 4.78 is 1.84. The number of aryl methyl sites for hydroxylation is 1. The third kappa shape index (κ3) is 2.75. The quantitative estimate of drug-likeness (QED) is 0.625. The van der Waals surface area contributed by atoms with Crippen LogP contribution in [0.2, 0.25) is 0 Å². The highest BCUT2D eigenvalue weighted by Crippen LogP contribution is 2.37. The summed E-state index contributed by atoms with van der Waals surface area (Å²) in [5.74, 6) is 0.111. The largest absolute Gasteiger partial charge is 0.293 e. The van der Waals surface area contributed by atoms with Crippen LogP contribution in [0.4, 0.5) is 0 Å². The SMILES string of the molecule is Cc1ccc(C(=O)C(C)Sc2nnnn2C2CC2)cc1. The molecule has 5 nitrogen and oxygen atoms in total. The molecular formula is C14H16N4OS. The lowest BCUT2D eigenvalue weighted by atomic mass is 10.1. The molecule has 0 bridgehead atoms. The van der Waals surface area contributed by atoms with Crippen molar-refractivity contribution in [1.82, 2.24) is 20.2 Å². The van der Waals surface area contributed by atoms with Gasteiger partial charge in [-0.25, -0.2) is 4.68 Å². The van der Waals surface area contributed by atoms with E-state index >= 15 is 0 Å². The molecule has 1 saturated carbocycles. The number of hydrogen-bond donors (Lipinski definition) is 0. The van der Waals surface area contributed by atoms with Crippen LogP contribution in [0.1, 0.15) is 41.7 Å². The minimum atomic E-state index is -0.193. The summed E-state index contributed by atoms with van der Waals surface area (Å²) in [5.41, 5.74) is 1.89. The van der Waals surface area contributed by atoms with E-state index in [1.807, 2.05) is 42.8 Å². The molecule has 2 aromatic rings. The van der Waals surface area contributed by atoms with Gasteiger partial charge in [-0.1, -0.05) is 41.6 Å². The minimum absolute atomic E-state index is 0.111. The average Bonchev–Trinajstić information content (AvgIpc) is 3.19. The van der Waals surface area contributed by atoms with Crippen molar-refractivity contribution in [1.29, 1.82) is 0 Å². The molecule has 1 heterocycles. The molecule has 1 atom stereocenters. The fraction of sp³-hybridized carbons (Fsp3) is 0.429. The highest BCUT2D eigenvalue weighted by atomic mass is 32.2. The Hall–Kier alpha value is -1.69. The Bertz CT molecular complexity index is 618. The van der Waals surface area contributed by atoms with Crippen LogP contribution in [0, 0.1) is 6.92 Å². The number of ketones is 1. The van der Waals surface area contributed by atoms with Crippen LogP contribution in [-0.4, -0.2) is 31.2 Å². The first kappa shape index (κ1) is 13.3. The second-order valence-corrected chi connectivity index (χ2v) is 6.44. The number of carbonyl (C=O) groups excluding carboxylic acids is 1. The Morgan fingerprint density at radius 2 is 2.05 bits per heavy atom. The standard InChI is InChI=1S/C14H16N4OS/c1-9-3-5-11(6-4-9)13(19)10(2)20-14-15-16-17-18(14)12-7-8-12/h3-6,10,12H,7-8H2,1-2H3. The van der Waals surface area contributed by atoms with E-state index in [1.54, 1.807) is 0 Å². The third-order valence-electron chi connectivity index (χ3n) is 3.34. The molecule has 0 radical (unpaired) electrons. The average molecular weight is 288 g/mol. The smallest absolute Gasteiger partial charge is 0.210 e. The molecule has 1 aromatic heterocycles. The highest BCUT2D eigenvalue weighted by molar-refractivity contribution is 8.00. The molecule has 1 aliphatic carbocycles. The maximum atomic E-state index is 12.4. The predicted molar refractivity (Wildman–Crippen MR) is 76.9 cm³/mol. The predicted octanol–water partition coefficient (Wildman–Crippen LogP) is 2.68. The fourth-order valence-electron chi connectivity index (χ4n) is 1.98. The maximum absolute atomic E-state index is 12.4. The van der Waals surface area contributed by atoms with Crippen LogP contribution in [0.3, 0.4) is 0 Å². The van der Waals surface area contributed by atoms with Crippen LogP contribution in [0.15, 0.2) is 29.4 Å². The Balaban J connectivity index is 1.72.